The summed E-state index contributed by atoms with van der Waals surface area (Å²) in [4.78, 5) is 15.0. The summed E-state index contributed by atoms with van der Waals surface area (Å²) in [5, 5.41) is 2.04. The molecule has 1 heterocycles. The standard InChI is InChI=1S/C30H42ClNO4Si/c1-8-32(9-2)28(33)25-24(26(25)31)27-23(35-30(6,7)36-27)20-34-37(29(3,4)5,21-16-12-10-13-17-21)22-18-14-11-15-19-22/h10-19,23-27H,8-9,20H2,1-7H3/t23-,24+,25+,26+,27+/m1/s1. The van der Waals surface area contributed by atoms with Crippen LogP contribution < -0.4 is 10.4 Å². The molecule has 4 rings (SSSR count). The number of halogens is 1. The summed E-state index contributed by atoms with van der Waals surface area (Å²) in [6.07, 6.45) is -0.627. The number of hydrogen-bond donors (Lipinski definition) is 0. The first kappa shape index (κ1) is 28.3. The SMILES string of the molecule is CCN(CC)C(=O)[C@@H]1[C@@H](Cl)[C@H]1[C@H]1OC(C)(C)O[C@@H]1CO[Si](c1ccccc1)(c1ccccc1)C(C)(C)C. The molecule has 2 aromatic carbocycles. The Morgan fingerprint density at radius 1 is 0.973 bits per heavy atom. The number of hydrogen-bond acceptors (Lipinski definition) is 4. The Kier molecular flexibility index (Phi) is 8.27. The van der Waals surface area contributed by atoms with E-state index < -0.39 is 14.1 Å². The first-order valence-electron chi connectivity index (χ1n) is 13.5. The predicted octanol–water partition coefficient (Wildman–Crippen LogP) is 4.80. The molecule has 0 unspecified atom stereocenters. The number of carbonyl (C=O) groups is 1. The fourth-order valence-electron chi connectivity index (χ4n) is 6.02. The maximum atomic E-state index is 13.2. The van der Waals surface area contributed by atoms with E-state index in [9.17, 15) is 4.79 Å². The van der Waals surface area contributed by atoms with Gasteiger partial charge in [0.05, 0.1) is 24.0 Å². The number of amides is 1. The van der Waals surface area contributed by atoms with Gasteiger partial charge in [-0.2, -0.15) is 0 Å². The van der Waals surface area contributed by atoms with Gasteiger partial charge in [0, 0.05) is 19.0 Å². The number of nitrogens with zero attached hydrogens (tertiary/aromatic N) is 1. The van der Waals surface area contributed by atoms with Crippen molar-refractivity contribution in [1.82, 2.24) is 4.90 Å². The van der Waals surface area contributed by atoms with E-state index in [1.165, 1.54) is 10.4 Å². The van der Waals surface area contributed by atoms with Gasteiger partial charge in [-0.15, -0.1) is 11.6 Å². The Hall–Kier alpha value is -1.70. The van der Waals surface area contributed by atoms with E-state index in [-0.39, 0.29) is 40.4 Å². The molecule has 2 aromatic rings. The smallest absolute Gasteiger partial charge is 0.261 e. The monoisotopic (exact) mass is 543 g/mol. The van der Waals surface area contributed by atoms with E-state index in [2.05, 4.69) is 69.3 Å². The molecule has 2 fully saturated rings. The maximum Gasteiger partial charge on any atom is 0.261 e. The minimum atomic E-state index is -2.74. The molecule has 7 heteroatoms. The van der Waals surface area contributed by atoms with Crippen LogP contribution in [0.2, 0.25) is 5.04 Å². The lowest BCUT2D eigenvalue weighted by atomic mass is 10.1. The van der Waals surface area contributed by atoms with Crippen molar-refractivity contribution in [2.75, 3.05) is 19.7 Å². The molecule has 1 amide bonds. The molecule has 5 atom stereocenters. The highest BCUT2D eigenvalue weighted by Gasteiger charge is 2.64. The van der Waals surface area contributed by atoms with Crippen molar-refractivity contribution in [3.05, 3.63) is 60.7 Å². The number of ether oxygens (including phenoxy) is 2. The van der Waals surface area contributed by atoms with Gasteiger partial charge in [-0.3, -0.25) is 4.79 Å². The van der Waals surface area contributed by atoms with E-state index in [0.29, 0.717) is 19.7 Å². The maximum absolute atomic E-state index is 13.2. The highest BCUT2D eigenvalue weighted by atomic mass is 35.5. The number of rotatable bonds is 9. The van der Waals surface area contributed by atoms with Crippen LogP contribution in [0.3, 0.4) is 0 Å². The molecule has 1 saturated heterocycles. The van der Waals surface area contributed by atoms with Gasteiger partial charge in [0.15, 0.2) is 5.79 Å². The van der Waals surface area contributed by atoms with Crippen LogP contribution in [0, 0.1) is 11.8 Å². The summed E-state index contributed by atoms with van der Waals surface area (Å²) in [7, 11) is -2.74. The number of benzene rings is 2. The second kappa shape index (κ2) is 10.8. The van der Waals surface area contributed by atoms with Gasteiger partial charge in [-0.25, -0.2) is 0 Å². The fourth-order valence-corrected chi connectivity index (χ4v) is 11.1. The Bertz CT molecular complexity index is 1010. The largest absolute Gasteiger partial charge is 0.405 e. The molecular weight excluding hydrogens is 502 g/mol. The molecule has 0 aromatic heterocycles. The van der Waals surface area contributed by atoms with Gasteiger partial charge in [0.2, 0.25) is 5.91 Å². The lowest BCUT2D eigenvalue weighted by Crippen LogP contribution is -2.67. The summed E-state index contributed by atoms with van der Waals surface area (Å²) in [6, 6.07) is 21.2. The van der Waals surface area contributed by atoms with E-state index >= 15 is 0 Å². The van der Waals surface area contributed by atoms with Crippen LogP contribution in [0.15, 0.2) is 60.7 Å². The molecule has 0 bridgehead atoms. The minimum absolute atomic E-state index is 0.0932. The topological polar surface area (TPSA) is 48.0 Å². The van der Waals surface area contributed by atoms with Gasteiger partial charge in [0.1, 0.15) is 6.10 Å². The van der Waals surface area contributed by atoms with Crippen LogP contribution in [0.1, 0.15) is 48.5 Å². The zero-order chi connectivity index (χ0) is 27.0. The Morgan fingerprint density at radius 3 is 1.95 bits per heavy atom. The quantitative estimate of drug-likeness (QED) is 0.336. The second-order valence-corrected chi connectivity index (χ2v) is 16.5. The summed E-state index contributed by atoms with van der Waals surface area (Å²) >= 11 is 6.75. The average Bonchev–Trinajstić information content (AvgIpc) is 3.43. The van der Waals surface area contributed by atoms with Crippen LogP contribution in [0.4, 0.5) is 0 Å². The third-order valence-corrected chi connectivity index (χ3v) is 13.4. The molecule has 0 N–H and O–H groups in total. The molecule has 1 aliphatic heterocycles. The van der Waals surface area contributed by atoms with Gasteiger partial charge < -0.3 is 18.8 Å². The van der Waals surface area contributed by atoms with Crippen LogP contribution in [-0.2, 0) is 18.7 Å². The van der Waals surface area contributed by atoms with Gasteiger partial charge in [0.25, 0.3) is 8.32 Å². The molecule has 202 valence electrons. The number of alkyl halides is 1. The summed E-state index contributed by atoms with van der Waals surface area (Å²) in [6.45, 7) is 16.4. The Morgan fingerprint density at radius 2 is 1.49 bits per heavy atom. The van der Waals surface area contributed by atoms with Crippen molar-refractivity contribution in [2.24, 2.45) is 11.8 Å². The van der Waals surface area contributed by atoms with Crippen molar-refractivity contribution < 1.29 is 18.7 Å². The molecule has 2 aliphatic rings. The normalized spacial score (nSPS) is 27.2. The van der Waals surface area contributed by atoms with Crippen molar-refractivity contribution in [3.63, 3.8) is 0 Å². The average molecular weight is 544 g/mol. The highest BCUT2D eigenvalue weighted by molar-refractivity contribution is 6.99. The van der Waals surface area contributed by atoms with Crippen molar-refractivity contribution in [3.8, 4) is 0 Å². The lowest BCUT2D eigenvalue weighted by molar-refractivity contribution is -0.151. The van der Waals surface area contributed by atoms with Crippen molar-refractivity contribution in [2.45, 2.75) is 76.9 Å². The number of carbonyl (C=O) groups excluding carboxylic acids is 1. The third-order valence-electron chi connectivity index (χ3n) is 7.83. The van der Waals surface area contributed by atoms with Crippen molar-refractivity contribution in [1.29, 1.82) is 0 Å². The summed E-state index contributed by atoms with van der Waals surface area (Å²) in [5.74, 6) is -1.01. The van der Waals surface area contributed by atoms with Crippen LogP contribution >= 0.6 is 11.6 Å². The second-order valence-electron chi connectivity index (χ2n) is 11.7. The van der Waals surface area contributed by atoms with Gasteiger partial charge in [-0.1, -0.05) is 81.4 Å². The molecule has 1 saturated carbocycles. The molecular formula is C30H42ClNO4Si. The fraction of sp³-hybridized carbons (Fsp3) is 0.567. The molecule has 0 spiro atoms. The first-order valence-corrected chi connectivity index (χ1v) is 15.8. The highest BCUT2D eigenvalue weighted by Crippen LogP contribution is 2.52. The van der Waals surface area contributed by atoms with Crippen LogP contribution in [0.25, 0.3) is 0 Å². The van der Waals surface area contributed by atoms with Crippen LogP contribution in [0.5, 0.6) is 0 Å². The molecule has 5 nitrogen and oxygen atoms in total. The molecule has 0 radical (unpaired) electrons. The third kappa shape index (κ3) is 5.41. The van der Waals surface area contributed by atoms with Crippen LogP contribution in [-0.4, -0.2) is 62.2 Å². The lowest BCUT2D eigenvalue weighted by Gasteiger charge is -2.43. The summed E-state index contributed by atoms with van der Waals surface area (Å²) in [5.41, 5.74) is 0. The van der Waals surface area contributed by atoms with E-state index in [4.69, 9.17) is 25.5 Å². The zero-order valence-electron chi connectivity index (χ0n) is 23.2. The Labute approximate surface area is 228 Å². The predicted molar refractivity (Wildman–Crippen MR) is 152 cm³/mol. The Balaban J connectivity index is 1.65. The van der Waals surface area contributed by atoms with E-state index in [1.54, 1.807) is 0 Å². The molecule has 37 heavy (non-hydrogen) atoms. The zero-order valence-corrected chi connectivity index (χ0v) is 25.0. The summed E-state index contributed by atoms with van der Waals surface area (Å²) < 4.78 is 20.0. The van der Waals surface area contributed by atoms with Gasteiger partial charge >= 0.3 is 0 Å². The first-order chi connectivity index (χ1) is 17.5. The minimum Gasteiger partial charge on any atom is -0.405 e. The molecule has 1 aliphatic carbocycles. The van der Waals surface area contributed by atoms with Gasteiger partial charge in [-0.05, 0) is 43.1 Å². The van der Waals surface area contributed by atoms with E-state index in [1.807, 2.05) is 44.7 Å². The van der Waals surface area contributed by atoms with Crippen molar-refractivity contribution >= 4 is 36.2 Å². The van der Waals surface area contributed by atoms with E-state index in [0.717, 1.165) is 0 Å².